The first-order valence-corrected chi connectivity index (χ1v) is 5.44. The van der Waals surface area contributed by atoms with E-state index in [0.29, 0.717) is 0 Å². The summed E-state index contributed by atoms with van der Waals surface area (Å²) < 4.78 is 0. The molecule has 1 aliphatic rings. The Morgan fingerprint density at radius 2 is 1.58 bits per heavy atom. The maximum Gasteiger partial charge on any atom is 0.00418 e. The minimum Gasteiger partial charge on any atom is -0.314 e. The molecule has 76 valence electrons. The van der Waals surface area contributed by atoms with Gasteiger partial charge >= 0.3 is 0 Å². The van der Waals surface area contributed by atoms with Crippen LogP contribution < -0.4 is 5.32 Å². The molecule has 2 atom stereocenters. The van der Waals surface area contributed by atoms with Gasteiger partial charge in [-0.05, 0) is 25.8 Å². The van der Waals surface area contributed by atoms with Gasteiger partial charge in [0.25, 0.3) is 0 Å². The zero-order valence-electron chi connectivity index (χ0n) is 9.78. The van der Waals surface area contributed by atoms with Crippen LogP contribution in [0.5, 0.6) is 0 Å². The van der Waals surface area contributed by atoms with Crippen molar-refractivity contribution in [3.63, 3.8) is 0 Å². The van der Waals surface area contributed by atoms with Gasteiger partial charge in [-0.1, -0.05) is 41.0 Å². The number of nitrogens with one attached hydrogen (secondary N) is 1. The minimum atomic E-state index is 0.773. The molecule has 0 amide bonds. The largest absolute Gasteiger partial charge is 0.314 e. The average Bonchev–Trinajstić information content (AvgIpc) is 2.40. The van der Waals surface area contributed by atoms with E-state index in [2.05, 4.69) is 33.0 Å². The summed E-state index contributed by atoms with van der Waals surface area (Å²) in [4.78, 5) is 0. The highest BCUT2D eigenvalue weighted by atomic mass is 14.9. The summed E-state index contributed by atoms with van der Waals surface area (Å²) in [5, 5.41) is 3.37. The van der Waals surface area contributed by atoms with Crippen LogP contribution in [-0.2, 0) is 0 Å². The molecule has 1 rings (SSSR count). The Morgan fingerprint density at radius 1 is 1.17 bits per heavy atom. The van der Waals surface area contributed by atoms with Gasteiger partial charge in [-0.3, -0.25) is 0 Å². The summed E-state index contributed by atoms with van der Waals surface area (Å²) in [5.41, 5.74) is 0. The second-order valence-electron chi connectivity index (χ2n) is 3.36. The van der Waals surface area contributed by atoms with Crippen molar-refractivity contribution in [3.8, 4) is 0 Å². The highest BCUT2D eigenvalue weighted by Gasteiger charge is 2.14. The van der Waals surface area contributed by atoms with Gasteiger partial charge < -0.3 is 5.32 Å². The van der Waals surface area contributed by atoms with Crippen LogP contribution in [0.25, 0.3) is 0 Å². The van der Waals surface area contributed by atoms with Gasteiger partial charge in [-0.15, -0.1) is 0 Å². The Kier molecular flexibility index (Phi) is 13.2. The zero-order valence-corrected chi connectivity index (χ0v) is 9.78. The number of rotatable bonds is 0. The van der Waals surface area contributed by atoms with Crippen LogP contribution in [0.4, 0.5) is 0 Å². The van der Waals surface area contributed by atoms with E-state index in [9.17, 15) is 0 Å². The van der Waals surface area contributed by atoms with Crippen molar-refractivity contribution in [2.24, 2.45) is 5.92 Å². The molecule has 1 heterocycles. The lowest BCUT2D eigenvalue weighted by Crippen LogP contribution is -2.16. The molecule has 0 bridgehead atoms. The van der Waals surface area contributed by atoms with Gasteiger partial charge in [0.15, 0.2) is 0 Å². The lowest BCUT2D eigenvalue weighted by atomic mass is 10.1. The van der Waals surface area contributed by atoms with Crippen molar-refractivity contribution in [1.82, 2.24) is 5.32 Å². The molecule has 0 aromatic heterocycles. The Morgan fingerprint density at radius 3 is 1.67 bits per heavy atom. The highest BCUT2D eigenvalue weighted by molar-refractivity contribution is 4.74. The van der Waals surface area contributed by atoms with E-state index in [-0.39, 0.29) is 0 Å². The minimum absolute atomic E-state index is 0.773. The zero-order chi connectivity index (χ0) is 9.98. The SMILES string of the molecule is CC.CC1CNC(C)C1.CCC. The first-order valence-electron chi connectivity index (χ1n) is 5.44. The second-order valence-corrected chi connectivity index (χ2v) is 3.36. The van der Waals surface area contributed by atoms with Crippen molar-refractivity contribution < 1.29 is 0 Å². The molecule has 0 radical (unpaired) electrons. The van der Waals surface area contributed by atoms with E-state index in [1.54, 1.807) is 0 Å². The van der Waals surface area contributed by atoms with Gasteiger partial charge in [0.05, 0.1) is 0 Å². The molecule has 0 spiro atoms. The fourth-order valence-corrected chi connectivity index (χ4v) is 1.17. The van der Waals surface area contributed by atoms with Crippen LogP contribution in [0.3, 0.4) is 0 Å². The van der Waals surface area contributed by atoms with Gasteiger partial charge in [-0.25, -0.2) is 0 Å². The standard InChI is InChI=1S/C6H13N.C3H8.C2H6/c1-5-3-6(2)7-4-5;1-3-2;1-2/h5-7H,3-4H2,1-2H3;3H2,1-2H3;1-2H3. The number of hydrogen-bond acceptors (Lipinski definition) is 1. The fraction of sp³-hybridized carbons (Fsp3) is 1.00. The summed E-state index contributed by atoms with van der Waals surface area (Å²) in [6.45, 7) is 14.0. The third-order valence-electron chi connectivity index (χ3n) is 1.57. The Balaban J connectivity index is 0. The van der Waals surface area contributed by atoms with Crippen LogP contribution in [0.2, 0.25) is 0 Å². The molecular formula is C11H27N. The first-order chi connectivity index (χ1) is 5.70. The quantitative estimate of drug-likeness (QED) is 0.591. The molecule has 1 N–H and O–H groups in total. The lowest BCUT2D eigenvalue weighted by Gasteiger charge is -1.96. The molecule has 1 fully saturated rings. The molecule has 1 heteroatoms. The Hall–Kier alpha value is -0.0400. The monoisotopic (exact) mass is 173 g/mol. The van der Waals surface area contributed by atoms with Gasteiger partial charge in [-0.2, -0.15) is 0 Å². The van der Waals surface area contributed by atoms with Gasteiger partial charge in [0.2, 0.25) is 0 Å². The predicted molar refractivity (Wildman–Crippen MR) is 58.6 cm³/mol. The molecule has 1 aliphatic heterocycles. The molecule has 2 unspecified atom stereocenters. The smallest absolute Gasteiger partial charge is 0.00418 e. The molecule has 0 aliphatic carbocycles. The van der Waals surface area contributed by atoms with Crippen LogP contribution in [0.15, 0.2) is 0 Å². The van der Waals surface area contributed by atoms with Crippen molar-refractivity contribution in [2.45, 2.75) is 60.4 Å². The van der Waals surface area contributed by atoms with E-state index in [0.717, 1.165) is 12.0 Å². The maximum atomic E-state index is 3.37. The van der Waals surface area contributed by atoms with Gasteiger partial charge in [0.1, 0.15) is 0 Å². The van der Waals surface area contributed by atoms with Crippen molar-refractivity contribution in [3.05, 3.63) is 0 Å². The summed E-state index contributed by atoms with van der Waals surface area (Å²) in [6, 6.07) is 0.773. The van der Waals surface area contributed by atoms with E-state index in [4.69, 9.17) is 0 Å². The van der Waals surface area contributed by atoms with Crippen LogP contribution >= 0.6 is 0 Å². The van der Waals surface area contributed by atoms with Crippen LogP contribution in [-0.4, -0.2) is 12.6 Å². The third kappa shape index (κ3) is 9.96. The first kappa shape index (κ1) is 14.5. The summed E-state index contributed by atoms with van der Waals surface area (Å²) in [5.74, 6) is 0.912. The predicted octanol–water partition coefficient (Wildman–Crippen LogP) is 3.45. The lowest BCUT2D eigenvalue weighted by molar-refractivity contribution is 0.622. The van der Waals surface area contributed by atoms with E-state index in [1.165, 1.54) is 19.4 Å². The molecular weight excluding hydrogens is 146 g/mol. The van der Waals surface area contributed by atoms with Crippen molar-refractivity contribution in [2.75, 3.05) is 6.54 Å². The average molecular weight is 173 g/mol. The summed E-state index contributed by atoms with van der Waals surface area (Å²) in [7, 11) is 0. The normalized spacial score (nSPS) is 26.5. The summed E-state index contributed by atoms with van der Waals surface area (Å²) in [6.07, 6.45) is 2.61. The summed E-state index contributed by atoms with van der Waals surface area (Å²) >= 11 is 0. The van der Waals surface area contributed by atoms with E-state index in [1.807, 2.05) is 13.8 Å². The van der Waals surface area contributed by atoms with Crippen molar-refractivity contribution >= 4 is 0 Å². The third-order valence-corrected chi connectivity index (χ3v) is 1.57. The van der Waals surface area contributed by atoms with E-state index < -0.39 is 0 Å². The Bertz CT molecular complexity index is 63.4. The molecule has 0 saturated carbocycles. The number of hydrogen-bond donors (Lipinski definition) is 1. The van der Waals surface area contributed by atoms with Crippen LogP contribution in [0, 0.1) is 5.92 Å². The van der Waals surface area contributed by atoms with E-state index >= 15 is 0 Å². The Labute approximate surface area is 78.9 Å². The topological polar surface area (TPSA) is 12.0 Å². The second kappa shape index (κ2) is 11.0. The van der Waals surface area contributed by atoms with Crippen LogP contribution in [0.1, 0.15) is 54.4 Å². The molecule has 1 nitrogen and oxygen atoms in total. The molecule has 12 heavy (non-hydrogen) atoms. The molecule has 0 aromatic rings. The maximum absolute atomic E-state index is 3.37. The van der Waals surface area contributed by atoms with Gasteiger partial charge in [0, 0.05) is 6.04 Å². The van der Waals surface area contributed by atoms with Crippen molar-refractivity contribution in [1.29, 1.82) is 0 Å². The molecule has 1 saturated heterocycles. The molecule has 0 aromatic carbocycles. The highest BCUT2D eigenvalue weighted by Crippen LogP contribution is 2.10. The fourth-order valence-electron chi connectivity index (χ4n) is 1.17.